The summed E-state index contributed by atoms with van der Waals surface area (Å²) in [6.07, 6.45) is 2.74. The maximum atomic E-state index is 4.69. The molecule has 1 aliphatic rings. The van der Waals surface area contributed by atoms with E-state index in [9.17, 15) is 0 Å². The van der Waals surface area contributed by atoms with Gasteiger partial charge in [0.05, 0.1) is 11.2 Å². The van der Waals surface area contributed by atoms with E-state index in [4.69, 9.17) is 0 Å². The number of hydrogen-bond donors (Lipinski definition) is 1. The summed E-state index contributed by atoms with van der Waals surface area (Å²) in [6, 6.07) is 13.9. The zero-order valence-electron chi connectivity index (χ0n) is 12.3. The third-order valence-electron chi connectivity index (χ3n) is 4.22. The van der Waals surface area contributed by atoms with Crippen LogP contribution in [0.2, 0.25) is 0 Å². The van der Waals surface area contributed by atoms with Crippen molar-refractivity contribution in [1.29, 1.82) is 0 Å². The molecule has 0 saturated heterocycles. The fourth-order valence-corrected chi connectivity index (χ4v) is 2.60. The normalized spacial score (nSPS) is 16.8. The Kier molecular flexibility index (Phi) is 3.99. The molecule has 3 rings (SSSR count). The van der Waals surface area contributed by atoms with Gasteiger partial charge < -0.3 is 5.32 Å². The predicted octanol–water partition coefficient (Wildman–Crippen LogP) is 2.81. The van der Waals surface area contributed by atoms with Crippen molar-refractivity contribution in [2.45, 2.75) is 38.4 Å². The Bertz CT molecular complexity index is 577. The number of pyridine rings is 1. The Hall–Kier alpha value is -1.45. The van der Waals surface area contributed by atoms with Crippen molar-refractivity contribution in [2.24, 2.45) is 0 Å². The van der Waals surface area contributed by atoms with Gasteiger partial charge in [-0.15, -0.1) is 0 Å². The second-order valence-electron chi connectivity index (χ2n) is 5.87. The molecule has 3 nitrogen and oxygen atoms in total. The second-order valence-corrected chi connectivity index (χ2v) is 5.87. The summed E-state index contributed by atoms with van der Waals surface area (Å²) in [5.74, 6) is 0. The second kappa shape index (κ2) is 5.90. The molecule has 1 fully saturated rings. The third-order valence-corrected chi connectivity index (χ3v) is 4.22. The Morgan fingerprint density at radius 1 is 1.25 bits per heavy atom. The van der Waals surface area contributed by atoms with Crippen LogP contribution in [0.5, 0.6) is 0 Å². The number of aromatic nitrogens is 1. The molecule has 0 radical (unpaired) electrons. The fraction of sp³-hybridized carbons (Fsp3) is 0.471. The van der Waals surface area contributed by atoms with E-state index in [1.54, 1.807) is 0 Å². The lowest BCUT2D eigenvalue weighted by Crippen LogP contribution is -2.39. The minimum Gasteiger partial charge on any atom is -0.310 e. The van der Waals surface area contributed by atoms with Crippen LogP contribution in [0.4, 0.5) is 0 Å². The van der Waals surface area contributed by atoms with Crippen LogP contribution in [0.3, 0.4) is 0 Å². The molecule has 0 aliphatic heterocycles. The number of para-hydroxylation sites is 1. The summed E-state index contributed by atoms with van der Waals surface area (Å²) in [7, 11) is 2.23. The molecule has 1 heterocycles. The molecule has 1 atom stereocenters. The Morgan fingerprint density at radius 3 is 2.85 bits per heavy atom. The fourth-order valence-electron chi connectivity index (χ4n) is 2.60. The van der Waals surface area contributed by atoms with Gasteiger partial charge in [0, 0.05) is 30.6 Å². The number of hydrogen-bond acceptors (Lipinski definition) is 3. The molecule has 1 aliphatic carbocycles. The monoisotopic (exact) mass is 269 g/mol. The molecule has 1 aromatic carbocycles. The van der Waals surface area contributed by atoms with Crippen LogP contribution in [-0.4, -0.2) is 35.6 Å². The molecule has 1 saturated carbocycles. The molecule has 0 spiro atoms. The molecular weight excluding hydrogens is 246 g/mol. The molecule has 3 heteroatoms. The number of rotatable bonds is 6. The van der Waals surface area contributed by atoms with Crippen molar-refractivity contribution in [3.05, 3.63) is 42.1 Å². The van der Waals surface area contributed by atoms with Gasteiger partial charge in [-0.1, -0.05) is 24.3 Å². The van der Waals surface area contributed by atoms with Crippen molar-refractivity contribution >= 4 is 10.9 Å². The first kappa shape index (κ1) is 13.5. The zero-order valence-corrected chi connectivity index (χ0v) is 12.3. The summed E-state index contributed by atoms with van der Waals surface area (Å²) in [5.41, 5.74) is 2.19. The van der Waals surface area contributed by atoms with E-state index in [1.165, 1.54) is 18.2 Å². The van der Waals surface area contributed by atoms with E-state index in [1.807, 2.05) is 6.07 Å². The molecule has 1 aromatic heterocycles. The van der Waals surface area contributed by atoms with Crippen molar-refractivity contribution < 1.29 is 0 Å². The highest BCUT2D eigenvalue weighted by Gasteiger charge is 2.28. The van der Waals surface area contributed by atoms with Crippen molar-refractivity contribution in [1.82, 2.24) is 15.2 Å². The van der Waals surface area contributed by atoms with Gasteiger partial charge in [-0.25, -0.2) is 0 Å². The molecule has 1 unspecified atom stereocenters. The standard InChI is InChI=1S/C17H23N3/c1-13(20(2)16-9-10-16)11-18-12-15-8-7-14-5-3-4-6-17(14)19-15/h3-8,13,16,18H,9-12H2,1-2H3. The van der Waals surface area contributed by atoms with Crippen LogP contribution in [0.25, 0.3) is 10.9 Å². The van der Waals surface area contributed by atoms with Crippen LogP contribution < -0.4 is 5.32 Å². The van der Waals surface area contributed by atoms with Gasteiger partial charge in [-0.3, -0.25) is 9.88 Å². The lowest BCUT2D eigenvalue weighted by molar-refractivity contribution is 0.241. The maximum Gasteiger partial charge on any atom is 0.0705 e. The van der Waals surface area contributed by atoms with Crippen LogP contribution in [0.1, 0.15) is 25.5 Å². The van der Waals surface area contributed by atoms with E-state index in [-0.39, 0.29) is 0 Å². The minimum atomic E-state index is 0.586. The number of nitrogens with one attached hydrogen (secondary N) is 1. The Morgan fingerprint density at radius 2 is 2.05 bits per heavy atom. The summed E-state index contributed by atoms with van der Waals surface area (Å²) in [4.78, 5) is 7.18. The zero-order chi connectivity index (χ0) is 13.9. The summed E-state index contributed by atoms with van der Waals surface area (Å²) in [5, 5.41) is 4.73. The molecule has 0 bridgehead atoms. The molecule has 1 N–H and O–H groups in total. The highest BCUT2D eigenvalue weighted by Crippen LogP contribution is 2.26. The topological polar surface area (TPSA) is 28.2 Å². The minimum absolute atomic E-state index is 0.586. The molecule has 106 valence electrons. The van der Waals surface area contributed by atoms with Crippen LogP contribution in [0.15, 0.2) is 36.4 Å². The number of likely N-dealkylation sites (N-methyl/N-ethyl adjacent to an activating group) is 1. The summed E-state index contributed by atoms with van der Waals surface area (Å²) < 4.78 is 0. The van der Waals surface area contributed by atoms with Gasteiger partial charge >= 0.3 is 0 Å². The van der Waals surface area contributed by atoms with Gasteiger partial charge in [0.15, 0.2) is 0 Å². The third kappa shape index (κ3) is 3.17. The number of fused-ring (bicyclic) bond motifs is 1. The van der Waals surface area contributed by atoms with E-state index < -0.39 is 0 Å². The Balaban J connectivity index is 1.54. The first-order valence-electron chi connectivity index (χ1n) is 7.51. The van der Waals surface area contributed by atoms with E-state index in [0.717, 1.165) is 30.3 Å². The highest BCUT2D eigenvalue weighted by atomic mass is 15.2. The summed E-state index contributed by atoms with van der Waals surface area (Å²) in [6.45, 7) is 4.15. The van der Waals surface area contributed by atoms with Crippen LogP contribution in [-0.2, 0) is 6.54 Å². The SMILES string of the molecule is CC(CNCc1ccc2ccccc2n1)N(C)C1CC1. The average molecular weight is 269 g/mol. The van der Waals surface area contributed by atoms with Crippen molar-refractivity contribution in [2.75, 3.05) is 13.6 Å². The van der Waals surface area contributed by atoms with Crippen molar-refractivity contribution in [3.8, 4) is 0 Å². The van der Waals surface area contributed by atoms with Crippen LogP contribution in [0, 0.1) is 0 Å². The van der Waals surface area contributed by atoms with Gasteiger partial charge in [-0.2, -0.15) is 0 Å². The lowest BCUT2D eigenvalue weighted by Gasteiger charge is -2.24. The van der Waals surface area contributed by atoms with Gasteiger partial charge in [-0.05, 0) is 38.9 Å². The van der Waals surface area contributed by atoms with Gasteiger partial charge in [0.25, 0.3) is 0 Å². The number of nitrogens with zero attached hydrogens (tertiary/aromatic N) is 2. The Labute approximate surface area is 121 Å². The molecule has 0 amide bonds. The first-order valence-corrected chi connectivity index (χ1v) is 7.51. The van der Waals surface area contributed by atoms with Gasteiger partial charge in [0.1, 0.15) is 0 Å². The summed E-state index contributed by atoms with van der Waals surface area (Å²) >= 11 is 0. The maximum absolute atomic E-state index is 4.69. The number of benzene rings is 1. The van der Waals surface area contributed by atoms with E-state index >= 15 is 0 Å². The molecular formula is C17H23N3. The van der Waals surface area contributed by atoms with Gasteiger partial charge in [0.2, 0.25) is 0 Å². The van der Waals surface area contributed by atoms with Crippen LogP contribution >= 0.6 is 0 Å². The molecule has 2 aromatic rings. The average Bonchev–Trinajstić information content (AvgIpc) is 3.31. The highest BCUT2D eigenvalue weighted by molar-refractivity contribution is 5.78. The van der Waals surface area contributed by atoms with Crippen molar-refractivity contribution in [3.63, 3.8) is 0 Å². The first-order chi connectivity index (χ1) is 9.74. The molecule has 20 heavy (non-hydrogen) atoms. The smallest absolute Gasteiger partial charge is 0.0705 e. The predicted molar refractivity (Wildman–Crippen MR) is 83.7 cm³/mol. The largest absolute Gasteiger partial charge is 0.310 e. The lowest BCUT2D eigenvalue weighted by atomic mass is 10.2. The quantitative estimate of drug-likeness (QED) is 0.874. The van der Waals surface area contributed by atoms with E-state index in [0.29, 0.717) is 6.04 Å². The van der Waals surface area contributed by atoms with E-state index in [2.05, 4.69) is 59.5 Å².